The van der Waals surface area contributed by atoms with Crippen LogP contribution in [-0.4, -0.2) is 21.3 Å². The molecule has 0 aliphatic carbocycles. The van der Waals surface area contributed by atoms with E-state index in [-0.39, 0.29) is 5.75 Å². The Hall–Kier alpha value is -3.47. The fourth-order valence-electron chi connectivity index (χ4n) is 2.77. The Morgan fingerprint density at radius 1 is 0.920 bits per heavy atom. The fourth-order valence-corrected chi connectivity index (χ4v) is 2.77. The van der Waals surface area contributed by atoms with Gasteiger partial charge in [-0.05, 0) is 35.9 Å². The number of para-hydroxylation sites is 2. The minimum Gasteiger partial charge on any atom is -0.507 e. The number of anilines is 1. The smallest absolute Gasteiger partial charge is 0.168 e. The Labute approximate surface area is 144 Å². The third-order valence-corrected chi connectivity index (χ3v) is 4.06. The first kappa shape index (κ1) is 15.1. The molecule has 5 nitrogen and oxygen atoms in total. The van der Waals surface area contributed by atoms with Crippen LogP contribution in [0.25, 0.3) is 21.8 Å². The molecule has 3 aromatic carbocycles. The second-order valence-electron chi connectivity index (χ2n) is 5.74. The van der Waals surface area contributed by atoms with E-state index in [1.54, 1.807) is 12.3 Å². The summed E-state index contributed by atoms with van der Waals surface area (Å²) in [5.41, 5.74) is 6.01. The van der Waals surface area contributed by atoms with Gasteiger partial charge in [0, 0.05) is 5.56 Å². The predicted octanol–water partition coefficient (Wildman–Crippen LogP) is 4.24. The van der Waals surface area contributed by atoms with Crippen LogP contribution in [0.3, 0.4) is 0 Å². The summed E-state index contributed by atoms with van der Waals surface area (Å²) in [5, 5.41) is 16.4. The van der Waals surface area contributed by atoms with Crippen LogP contribution in [0, 0.1) is 6.92 Å². The molecule has 0 bridgehead atoms. The minimum absolute atomic E-state index is 0.186. The van der Waals surface area contributed by atoms with E-state index < -0.39 is 0 Å². The maximum Gasteiger partial charge on any atom is 0.168 e. The van der Waals surface area contributed by atoms with E-state index in [2.05, 4.69) is 20.5 Å². The van der Waals surface area contributed by atoms with Crippen molar-refractivity contribution in [2.24, 2.45) is 5.10 Å². The molecule has 5 heteroatoms. The monoisotopic (exact) mass is 328 g/mol. The number of nitrogens with zero attached hydrogens (tertiary/aromatic N) is 3. The van der Waals surface area contributed by atoms with E-state index in [9.17, 15) is 5.11 Å². The molecule has 1 aromatic heterocycles. The van der Waals surface area contributed by atoms with Crippen LogP contribution < -0.4 is 5.43 Å². The maximum absolute atomic E-state index is 10.2. The van der Waals surface area contributed by atoms with E-state index >= 15 is 0 Å². The first-order valence-electron chi connectivity index (χ1n) is 7.95. The molecule has 0 amide bonds. The number of rotatable bonds is 3. The van der Waals surface area contributed by atoms with Crippen LogP contribution in [0.5, 0.6) is 5.75 Å². The lowest BCUT2D eigenvalue weighted by atomic mass is 10.0. The highest BCUT2D eigenvalue weighted by Gasteiger charge is 2.06. The topological polar surface area (TPSA) is 70.4 Å². The Kier molecular flexibility index (Phi) is 3.74. The van der Waals surface area contributed by atoms with Gasteiger partial charge >= 0.3 is 0 Å². The van der Waals surface area contributed by atoms with E-state index in [0.717, 1.165) is 27.5 Å². The SMILES string of the molecule is Cc1nc2ccccc2nc1NN=Cc1c(O)ccc2ccccc12. The predicted molar refractivity (Wildman–Crippen MR) is 101 cm³/mol. The van der Waals surface area contributed by atoms with Gasteiger partial charge in [0.15, 0.2) is 5.82 Å². The molecule has 4 rings (SSSR count). The van der Waals surface area contributed by atoms with E-state index in [1.165, 1.54) is 0 Å². The van der Waals surface area contributed by atoms with Crippen LogP contribution in [0.1, 0.15) is 11.3 Å². The van der Waals surface area contributed by atoms with E-state index in [4.69, 9.17) is 0 Å². The van der Waals surface area contributed by atoms with Crippen LogP contribution >= 0.6 is 0 Å². The number of hydrogen-bond acceptors (Lipinski definition) is 5. The van der Waals surface area contributed by atoms with Gasteiger partial charge in [0.2, 0.25) is 0 Å². The fraction of sp³-hybridized carbons (Fsp3) is 0.0500. The average Bonchev–Trinajstić information content (AvgIpc) is 2.64. The van der Waals surface area contributed by atoms with Crippen molar-refractivity contribution in [1.29, 1.82) is 0 Å². The van der Waals surface area contributed by atoms with E-state index in [1.807, 2.05) is 61.5 Å². The molecule has 4 aromatic rings. The van der Waals surface area contributed by atoms with Crippen LogP contribution in [0.15, 0.2) is 65.8 Å². The zero-order valence-electron chi connectivity index (χ0n) is 13.6. The minimum atomic E-state index is 0.186. The van der Waals surface area contributed by atoms with Crippen molar-refractivity contribution in [3.63, 3.8) is 0 Å². The first-order valence-corrected chi connectivity index (χ1v) is 7.95. The number of aryl methyl sites for hydroxylation is 1. The molecular weight excluding hydrogens is 312 g/mol. The average molecular weight is 328 g/mol. The Morgan fingerprint density at radius 2 is 1.64 bits per heavy atom. The summed E-state index contributed by atoms with van der Waals surface area (Å²) in [6.45, 7) is 1.88. The van der Waals surface area contributed by atoms with Crippen LogP contribution in [0.4, 0.5) is 5.82 Å². The van der Waals surface area contributed by atoms with E-state index in [0.29, 0.717) is 11.4 Å². The molecule has 0 aliphatic heterocycles. The molecule has 0 aliphatic rings. The number of hydrazone groups is 1. The number of fused-ring (bicyclic) bond motifs is 2. The number of aromatic hydroxyl groups is 1. The van der Waals surface area contributed by atoms with Crippen molar-refractivity contribution in [1.82, 2.24) is 9.97 Å². The Balaban J connectivity index is 1.68. The van der Waals surface area contributed by atoms with Gasteiger partial charge in [-0.1, -0.05) is 42.5 Å². The molecule has 0 radical (unpaired) electrons. The highest BCUT2D eigenvalue weighted by atomic mass is 16.3. The standard InChI is InChI=1S/C20H16N4O/c1-13-20(23-18-9-5-4-8-17(18)22-13)24-21-12-16-15-7-3-2-6-14(15)10-11-19(16)25/h2-12,25H,1H3,(H,23,24). The highest BCUT2D eigenvalue weighted by Crippen LogP contribution is 2.25. The van der Waals surface area contributed by atoms with Crippen molar-refractivity contribution in [2.75, 3.05) is 5.43 Å². The second-order valence-corrected chi connectivity index (χ2v) is 5.74. The molecule has 0 unspecified atom stereocenters. The molecule has 1 heterocycles. The van der Waals surface area contributed by atoms with Crippen LogP contribution in [-0.2, 0) is 0 Å². The van der Waals surface area contributed by atoms with Gasteiger partial charge in [0.05, 0.1) is 22.9 Å². The molecule has 25 heavy (non-hydrogen) atoms. The summed E-state index contributed by atoms with van der Waals surface area (Å²) in [5.74, 6) is 0.778. The number of phenols is 1. The van der Waals surface area contributed by atoms with Gasteiger partial charge in [0.25, 0.3) is 0 Å². The van der Waals surface area contributed by atoms with Gasteiger partial charge < -0.3 is 5.11 Å². The van der Waals surface area contributed by atoms with Crippen molar-refractivity contribution >= 4 is 33.8 Å². The van der Waals surface area contributed by atoms with Crippen molar-refractivity contribution in [2.45, 2.75) is 6.92 Å². The highest BCUT2D eigenvalue weighted by molar-refractivity contribution is 6.02. The first-order chi connectivity index (χ1) is 12.2. The van der Waals surface area contributed by atoms with Gasteiger partial charge in [-0.3, -0.25) is 5.43 Å². The number of phenolic OH excluding ortho intramolecular Hbond substituents is 1. The number of benzene rings is 3. The summed E-state index contributed by atoms with van der Waals surface area (Å²) in [6.07, 6.45) is 1.61. The van der Waals surface area contributed by atoms with Gasteiger partial charge in [0.1, 0.15) is 5.75 Å². The number of hydrogen-bond donors (Lipinski definition) is 2. The van der Waals surface area contributed by atoms with Crippen molar-refractivity contribution in [3.05, 3.63) is 71.9 Å². The lowest BCUT2D eigenvalue weighted by Crippen LogP contribution is -1.99. The number of nitrogens with one attached hydrogen (secondary N) is 1. The largest absolute Gasteiger partial charge is 0.507 e. The molecule has 0 saturated heterocycles. The molecule has 0 fully saturated rings. The lowest BCUT2D eigenvalue weighted by Gasteiger charge is -2.07. The number of aromatic nitrogens is 2. The Morgan fingerprint density at radius 3 is 2.48 bits per heavy atom. The van der Waals surface area contributed by atoms with Crippen LogP contribution in [0.2, 0.25) is 0 Å². The Bertz CT molecular complexity index is 1110. The molecule has 0 atom stereocenters. The van der Waals surface area contributed by atoms with Crippen molar-refractivity contribution < 1.29 is 5.11 Å². The molecule has 122 valence electrons. The summed E-state index contributed by atoms with van der Waals surface area (Å²) in [7, 11) is 0. The lowest BCUT2D eigenvalue weighted by molar-refractivity contribution is 0.475. The zero-order chi connectivity index (χ0) is 17.2. The van der Waals surface area contributed by atoms with Gasteiger partial charge in [-0.15, -0.1) is 0 Å². The molecule has 2 N–H and O–H groups in total. The normalized spacial score (nSPS) is 11.4. The molecule has 0 saturated carbocycles. The van der Waals surface area contributed by atoms with Gasteiger partial charge in [-0.2, -0.15) is 5.10 Å². The summed E-state index contributed by atoms with van der Waals surface area (Å²) in [6, 6.07) is 19.1. The third kappa shape index (κ3) is 2.87. The zero-order valence-corrected chi connectivity index (χ0v) is 13.6. The maximum atomic E-state index is 10.2. The summed E-state index contributed by atoms with van der Waals surface area (Å²) in [4.78, 5) is 9.06. The summed E-state index contributed by atoms with van der Waals surface area (Å²) < 4.78 is 0. The molecular formula is C20H16N4O. The molecule has 0 spiro atoms. The van der Waals surface area contributed by atoms with Crippen molar-refractivity contribution in [3.8, 4) is 5.75 Å². The summed E-state index contributed by atoms with van der Waals surface area (Å²) >= 11 is 0. The van der Waals surface area contributed by atoms with Gasteiger partial charge in [-0.25, -0.2) is 9.97 Å². The third-order valence-electron chi connectivity index (χ3n) is 4.06. The second kappa shape index (κ2) is 6.20. The quantitative estimate of drug-likeness (QED) is 0.436.